The van der Waals surface area contributed by atoms with Crippen molar-refractivity contribution in [2.24, 2.45) is 5.73 Å². The Labute approximate surface area is 184 Å². The van der Waals surface area contributed by atoms with Crippen LogP contribution in [0.25, 0.3) is 0 Å². The molecule has 4 N–H and O–H groups in total. The molecule has 8 nitrogen and oxygen atoms in total. The second-order valence-electron chi connectivity index (χ2n) is 6.06. The molecule has 0 fully saturated rings. The van der Waals surface area contributed by atoms with Crippen molar-refractivity contribution in [1.82, 2.24) is 4.98 Å². The zero-order valence-electron chi connectivity index (χ0n) is 15.9. The van der Waals surface area contributed by atoms with E-state index in [1.807, 2.05) is 0 Å². The van der Waals surface area contributed by atoms with Gasteiger partial charge in [0, 0.05) is 17.3 Å². The molecule has 0 atom stereocenters. The minimum absolute atomic E-state index is 0.00594. The summed E-state index contributed by atoms with van der Waals surface area (Å²) in [6.07, 6.45) is 1.34. The van der Waals surface area contributed by atoms with E-state index >= 15 is 0 Å². The van der Waals surface area contributed by atoms with E-state index in [4.69, 9.17) is 22.1 Å². The fourth-order valence-corrected chi connectivity index (χ4v) is 2.69. The van der Waals surface area contributed by atoms with E-state index in [1.54, 1.807) is 0 Å². The maximum Gasteiger partial charge on any atom is 0.387 e. The van der Waals surface area contributed by atoms with E-state index in [0.29, 0.717) is 0 Å². The summed E-state index contributed by atoms with van der Waals surface area (Å²) in [4.78, 5) is 27.4. The SMILES string of the molecule is NC(=O)c1ncccc1Oc1ccc(NC(=O)Nc2cc(Cl)ccc2OC(F)F)c(F)c1. The van der Waals surface area contributed by atoms with Crippen LogP contribution in [0.15, 0.2) is 54.7 Å². The van der Waals surface area contributed by atoms with Crippen LogP contribution in [0.3, 0.4) is 0 Å². The number of amides is 3. The maximum absolute atomic E-state index is 14.5. The molecule has 3 rings (SSSR count). The molecule has 0 spiro atoms. The zero-order chi connectivity index (χ0) is 23.3. The molecule has 0 aliphatic carbocycles. The summed E-state index contributed by atoms with van der Waals surface area (Å²) in [5.41, 5.74) is 4.69. The Morgan fingerprint density at radius 3 is 2.47 bits per heavy atom. The summed E-state index contributed by atoms with van der Waals surface area (Å²) in [5.74, 6) is -2.01. The Bertz CT molecular complexity index is 1160. The van der Waals surface area contributed by atoms with Gasteiger partial charge in [0.2, 0.25) is 0 Å². The van der Waals surface area contributed by atoms with Crippen LogP contribution < -0.4 is 25.8 Å². The topological polar surface area (TPSA) is 116 Å². The number of ether oxygens (including phenoxy) is 2. The van der Waals surface area contributed by atoms with Gasteiger partial charge in [-0.15, -0.1) is 0 Å². The lowest BCUT2D eigenvalue weighted by molar-refractivity contribution is -0.0493. The van der Waals surface area contributed by atoms with Crippen LogP contribution in [-0.4, -0.2) is 23.5 Å². The first kappa shape index (κ1) is 22.7. The second-order valence-corrected chi connectivity index (χ2v) is 6.49. The first-order valence-electron chi connectivity index (χ1n) is 8.77. The van der Waals surface area contributed by atoms with Crippen LogP contribution in [0.2, 0.25) is 5.02 Å². The van der Waals surface area contributed by atoms with Crippen LogP contribution in [0.4, 0.5) is 29.3 Å². The third kappa shape index (κ3) is 5.79. The van der Waals surface area contributed by atoms with Gasteiger partial charge >= 0.3 is 12.6 Å². The third-order valence-electron chi connectivity index (χ3n) is 3.83. The number of alkyl halides is 2. The van der Waals surface area contributed by atoms with Gasteiger partial charge in [0.25, 0.3) is 5.91 Å². The highest BCUT2D eigenvalue weighted by molar-refractivity contribution is 6.31. The fourth-order valence-electron chi connectivity index (χ4n) is 2.52. The highest BCUT2D eigenvalue weighted by Crippen LogP contribution is 2.30. The predicted octanol–water partition coefficient (Wildman–Crippen LogP) is 5.01. The monoisotopic (exact) mass is 466 g/mol. The van der Waals surface area contributed by atoms with Crippen molar-refractivity contribution in [3.8, 4) is 17.2 Å². The van der Waals surface area contributed by atoms with Crippen LogP contribution in [0, 0.1) is 5.82 Å². The van der Waals surface area contributed by atoms with Crippen LogP contribution in [0.5, 0.6) is 17.2 Å². The molecule has 0 saturated heterocycles. The Hall–Kier alpha value is -3.99. The van der Waals surface area contributed by atoms with Crippen LogP contribution in [0.1, 0.15) is 10.5 Å². The predicted molar refractivity (Wildman–Crippen MR) is 110 cm³/mol. The molecule has 32 heavy (non-hydrogen) atoms. The van der Waals surface area contributed by atoms with Gasteiger partial charge in [-0.3, -0.25) is 4.79 Å². The highest BCUT2D eigenvalue weighted by atomic mass is 35.5. The lowest BCUT2D eigenvalue weighted by Gasteiger charge is -2.14. The zero-order valence-corrected chi connectivity index (χ0v) is 16.7. The van der Waals surface area contributed by atoms with E-state index in [0.717, 1.165) is 12.1 Å². The average molecular weight is 467 g/mol. The summed E-state index contributed by atoms with van der Waals surface area (Å²) in [7, 11) is 0. The molecule has 166 valence electrons. The minimum atomic E-state index is -3.13. The van der Waals surface area contributed by atoms with E-state index in [9.17, 15) is 22.8 Å². The number of aromatic nitrogens is 1. The number of urea groups is 1. The van der Waals surface area contributed by atoms with Crippen molar-refractivity contribution >= 4 is 34.9 Å². The molecule has 12 heteroatoms. The van der Waals surface area contributed by atoms with Crippen molar-refractivity contribution in [3.63, 3.8) is 0 Å². The molecule has 3 amide bonds. The highest BCUT2D eigenvalue weighted by Gasteiger charge is 2.16. The summed E-state index contributed by atoms with van der Waals surface area (Å²) in [6, 6.07) is 9.09. The smallest absolute Gasteiger partial charge is 0.387 e. The molecular weight excluding hydrogens is 453 g/mol. The third-order valence-corrected chi connectivity index (χ3v) is 4.06. The van der Waals surface area contributed by atoms with Gasteiger partial charge in [0.05, 0.1) is 11.4 Å². The molecule has 0 radical (unpaired) electrons. The summed E-state index contributed by atoms with van der Waals surface area (Å²) in [6.45, 7) is -3.13. The maximum atomic E-state index is 14.5. The Morgan fingerprint density at radius 2 is 1.78 bits per heavy atom. The Balaban J connectivity index is 1.72. The normalized spacial score (nSPS) is 10.5. The summed E-state index contributed by atoms with van der Waals surface area (Å²) < 4.78 is 49.3. The first-order chi connectivity index (χ1) is 15.2. The van der Waals surface area contributed by atoms with Crippen molar-refractivity contribution in [2.45, 2.75) is 6.61 Å². The number of carbonyl (C=O) groups is 2. The Kier molecular flexibility index (Phi) is 7.00. The molecule has 0 unspecified atom stereocenters. The number of hydrogen-bond donors (Lipinski definition) is 3. The average Bonchev–Trinajstić information content (AvgIpc) is 2.72. The molecule has 1 heterocycles. The number of halogens is 4. The number of nitrogens with zero attached hydrogens (tertiary/aromatic N) is 1. The molecule has 0 bridgehead atoms. The van der Waals surface area contributed by atoms with Crippen LogP contribution >= 0.6 is 11.6 Å². The van der Waals surface area contributed by atoms with Gasteiger partial charge in [-0.2, -0.15) is 8.78 Å². The van der Waals surface area contributed by atoms with Gasteiger partial charge in [-0.1, -0.05) is 11.6 Å². The fraction of sp³-hybridized carbons (Fsp3) is 0.0500. The summed E-state index contributed by atoms with van der Waals surface area (Å²) >= 11 is 5.81. The molecule has 0 saturated carbocycles. The van der Waals surface area contributed by atoms with Gasteiger partial charge in [-0.25, -0.2) is 14.2 Å². The summed E-state index contributed by atoms with van der Waals surface area (Å²) in [5, 5.41) is 4.64. The van der Waals surface area contributed by atoms with Gasteiger partial charge in [0.1, 0.15) is 17.3 Å². The first-order valence-corrected chi connectivity index (χ1v) is 9.15. The van der Waals surface area contributed by atoms with E-state index in [2.05, 4.69) is 20.4 Å². The van der Waals surface area contributed by atoms with Crippen molar-refractivity contribution in [1.29, 1.82) is 0 Å². The molecular formula is C20H14ClF3N4O4. The molecule has 3 aromatic rings. The van der Waals surface area contributed by atoms with Gasteiger partial charge in [-0.05, 0) is 42.5 Å². The van der Waals surface area contributed by atoms with Crippen molar-refractivity contribution < 1.29 is 32.2 Å². The minimum Gasteiger partial charge on any atom is -0.455 e. The molecule has 2 aromatic carbocycles. The number of benzene rings is 2. The van der Waals surface area contributed by atoms with Crippen molar-refractivity contribution in [2.75, 3.05) is 10.6 Å². The second kappa shape index (κ2) is 9.88. The molecule has 1 aromatic heterocycles. The van der Waals surface area contributed by atoms with E-state index < -0.39 is 24.4 Å². The van der Waals surface area contributed by atoms with E-state index in [1.165, 1.54) is 42.6 Å². The number of pyridine rings is 1. The number of anilines is 2. The quantitative estimate of drug-likeness (QED) is 0.452. The molecule has 0 aliphatic rings. The Morgan fingerprint density at radius 1 is 1.03 bits per heavy atom. The lowest BCUT2D eigenvalue weighted by Crippen LogP contribution is -2.21. The van der Waals surface area contributed by atoms with Gasteiger partial charge in [0.15, 0.2) is 11.4 Å². The van der Waals surface area contributed by atoms with Gasteiger partial charge < -0.3 is 25.8 Å². The number of nitrogens with one attached hydrogen (secondary N) is 2. The number of rotatable bonds is 7. The van der Waals surface area contributed by atoms with E-state index in [-0.39, 0.29) is 39.3 Å². The van der Waals surface area contributed by atoms with Crippen molar-refractivity contribution in [3.05, 3.63) is 71.3 Å². The standard InChI is InChI=1S/C20H14ClF3N4O4/c21-10-3-6-15(32-19(23)24)14(8-10)28-20(30)27-13-5-4-11(9-12(13)22)31-16-2-1-7-26-17(16)18(25)29/h1-9,19H,(H2,25,29)(H2,27,28,30). The van der Waals surface area contributed by atoms with Crippen LogP contribution in [-0.2, 0) is 0 Å². The number of hydrogen-bond acceptors (Lipinski definition) is 5. The number of primary amides is 1. The molecule has 0 aliphatic heterocycles. The number of carbonyl (C=O) groups excluding carboxylic acids is 2. The largest absolute Gasteiger partial charge is 0.455 e. The number of nitrogens with two attached hydrogens (primary N) is 1. The lowest BCUT2D eigenvalue weighted by atomic mass is 10.2.